The van der Waals surface area contributed by atoms with E-state index in [1.165, 1.54) is 0 Å². The van der Waals surface area contributed by atoms with Crippen molar-refractivity contribution in [2.45, 2.75) is 0 Å². The minimum absolute atomic E-state index is 0. The molecule has 0 bridgehead atoms. The van der Waals surface area contributed by atoms with Crippen molar-refractivity contribution in [1.29, 1.82) is 0 Å². The van der Waals surface area contributed by atoms with E-state index < -0.39 is 57.8 Å². The van der Waals surface area contributed by atoms with Gasteiger partial charge in [0.2, 0.25) is 0 Å². The molecule has 29 heavy (non-hydrogen) atoms. The summed E-state index contributed by atoms with van der Waals surface area (Å²) in [5, 5.41) is 0. The van der Waals surface area contributed by atoms with Crippen LogP contribution in [0, 0.1) is 38.6 Å². The van der Waals surface area contributed by atoms with Gasteiger partial charge >= 0.3 is 0 Å². The normalized spacial score (nSPS) is 13.1. The van der Waals surface area contributed by atoms with Crippen LogP contribution in [0.25, 0.3) is 0 Å². The van der Waals surface area contributed by atoms with Crippen molar-refractivity contribution in [3.63, 3.8) is 0 Å². The molecule has 0 aromatic heterocycles. The van der Waals surface area contributed by atoms with Gasteiger partial charge in [0.05, 0.1) is 0 Å². The second-order valence-electron chi connectivity index (χ2n) is 3.29. The van der Waals surface area contributed by atoms with Crippen LogP contribution >= 0.6 is 0 Å². The molecule has 0 heterocycles. The molecule has 0 aromatic carbocycles. The third kappa shape index (κ3) is 12.6. The smallest absolute Gasteiger partial charge is 0.281 e. The summed E-state index contributed by atoms with van der Waals surface area (Å²) in [5.41, 5.74) is 0. The molecule has 0 spiro atoms. The molecular weight excluding hydrogens is 613 g/mol. The maximum atomic E-state index is 10.2. The van der Waals surface area contributed by atoms with Gasteiger partial charge in [0, 0.05) is 141 Å². The summed E-state index contributed by atoms with van der Waals surface area (Å²) in [5.74, 6) is -15.2. The number of hydrogen-bond acceptors (Lipinski definition) is 10. The Morgan fingerprint density at radius 1 is 0.241 bits per heavy atom. The van der Waals surface area contributed by atoms with Crippen molar-refractivity contribution >= 4 is 161 Å². The minimum Gasteiger partial charge on any atom is -0.412 e. The largest absolute Gasteiger partial charge is 0.412 e. The summed E-state index contributed by atoms with van der Waals surface area (Å²) in [6, 6.07) is 0. The Balaban J connectivity index is -0.0000000301. The summed E-state index contributed by atoms with van der Waals surface area (Å²) in [4.78, 5) is 102. The van der Waals surface area contributed by atoms with Crippen molar-refractivity contribution in [1.82, 2.24) is 0 Å². The fraction of sp³-hybridized carbons (Fsp3) is 0. The van der Waals surface area contributed by atoms with E-state index in [2.05, 4.69) is 0 Å². The van der Waals surface area contributed by atoms with Crippen LogP contribution in [0.2, 0.25) is 0 Å². The molecule has 0 atom stereocenters. The Morgan fingerprint density at radius 3 is 0.310 bits per heavy atom. The van der Waals surface area contributed by atoms with E-state index in [-0.39, 0.29) is 174 Å². The molecule has 0 aromatic rings. The second-order valence-corrected chi connectivity index (χ2v) is 3.29. The molecule has 0 saturated heterocycles. The SMILES string of the molecule is O.O.O.O.O.O.O=C1C(=O)C(=O)C(=O)C1=O.O=C1C(=O)C(=O)C(=O)C1=O.[K].[K].[Tb]. The standard InChI is InChI=1S/2C5O5.2K.6H2O.Tb/c2*6-1-2(7)4(9)5(10)3(1)8;;;;;;;;;/h;;;;6*1H2;. The van der Waals surface area contributed by atoms with Gasteiger partial charge in [-0.15, -0.1) is 0 Å². The Bertz CT molecular complexity index is 471. The molecular formula is C10H12K2O16Tb. The number of carbonyl (C=O) groups excluding carboxylic acids is 10. The van der Waals surface area contributed by atoms with Crippen LogP contribution in [0.3, 0.4) is 0 Å². The number of rotatable bonds is 0. The fourth-order valence-corrected chi connectivity index (χ4v) is 1.03. The zero-order chi connectivity index (χ0) is 15.8. The van der Waals surface area contributed by atoms with E-state index >= 15 is 0 Å². The minimum atomic E-state index is -1.52. The quantitative estimate of drug-likeness (QED) is 0.181. The first-order chi connectivity index (χ1) is 9.11. The second kappa shape index (κ2) is 23.7. The van der Waals surface area contributed by atoms with Crippen LogP contribution in [0.4, 0.5) is 0 Å². The molecule has 2 saturated carbocycles. The number of hydrogen-bond donors (Lipinski definition) is 0. The zero-order valence-corrected chi connectivity index (χ0v) is 22.8. The first-order valence-corrected chi connectivity index (χ1v) is 4.54. The van der Waals surface area contributed by atoms with Gasteiger partial charge in [-0.05, 0) is 0 Å². The monoisotopic (exact) mass is 625 g/mol. The third-order valence-electron chi connectivity index (χ3n) is 2.06. The van der Waals surface area contributed by atoms with Crippen molar-refractivity contribution in [3.05, 3.63) is 0 Å². The van der Waals surface area contributed by atoms with Gasteiger partial charge in [-0.2, -0.15) is 0 Å². The van der Waals surface area contributed by atoms with Crippen molar-refractivity contribution < 1.29 is 119 Å². The maximum absolute atomic E-state index is 10.2. The number of Topliss-reactive ketones (excluding diaryl/α,β-unsaturated/α-hetero) is 10. The van der Waals surface area contributed by atoms with Crippen molar-refractivity contribution in [3.8, 4) is 0 Å². The van der Waals surface area contributed by atoms with Crippen LogP contribution < -0.4 is 0 Å². The van der Waals surface area contributed by atoms with E-state index in [1.54, 1.807) is 0 Å². The maximum Gasteiger partial charge on any atom is 0.281 e. The molecule has 2 aliphatic carbocycles. The summed E-state index contributed by atoms with van der Waals surface area (Å²) in [6.07, 6.45) is 0. The summed E-state index contributed by atoms with van der Waals surface area (Å²) in [7, 11) is 0. The predicted molar refractivity (Wildman–Crippen MR) is 83.3 cm³/mol. The van der Waals surface area contributed by atoms with Crippen LogP contribution in [0.15, 0.2) is 0 Å². The van der Waals surface area contributed by atoms with Crippen LogP contribution in [0.1, 0.15) is 0 Å². The Kier molecular flexibility index (Phi) is 46.7. The fourth-order valence-electron chi connectivity index (χ4n) is 1.03. The molecule has 19 heteroatoms. The topological polar surface area (TPSA) is 360 Å². The van der Waals surface area contributed by atoms with Gasteiger partial charge in [-0.25, -0.2) is 0 Å². The zero-order valence-electron chi connectivity index (χ0n) is 14.4. The van der Waals surface area contributed by atoms with Gasteiger partial charge in [0.25, 0.3) is 57.8 Å². The molecule has 0 aliphatic heterocycles. The summed E-state index contributed by atoms with van der Waals surface area (Å²) in [6.45, 7) is 0. The van der Waals surface area contributed by atoms with E-state index in [0.29, 0.717) is 0 Å². The Labute approximate surface area is 274 Å². The van der Waals surface area contributed by atoms with E-state index in [1.807, 2.05) is 0 Å². The Morgan fingerprint density at radius 2 is 0.276 bits per heavy atom. The summed E-state index contributed by atoms with van der Waals surface area (Å²) >= 11 is 0. The molecule has 2 aliphatic rings. The van der Waals surface area contributed by atoms with Crippen molar-refractivity contribution in [2.24, 2.45) is 0 Å². The third-order valence-corrected chi connectivity index (χ3v) is 2.06. The van der Waals surface area contributed by atoms with Gasteiger partial charge in [-0.3, -0.25) is 47.9 Å². The average molecular weight is 625 g/mol. The average Bonchev–Trinajstić information content (AvgIpc) is 2.71. The predicted octanol–water partition coefficient (Wildman–Crippen LogP) is -10.0. The number of ketones is 10. The van der Waals surface area contributed by atoms with Crippen LogP contribution in [0.5, 0.6) is 0 Å². The molecule has 12 N–H and O–H groups in total. The Hall–Kier alpha value is 1.02. The van der Waals surface area contributed by atoms with Gasteiger partial charge in [0.15, 0.2) is 0 Å². The van der Waals surface area contributed by atoms with Gasteiger partial charge in [0.1, 0.15) is 0 Å². The number of carbonyl (C=O) groups is 10. The molecule has 0 amide bonds. The van der Waals surface area contributed by atoms with E-state index in [9.17, 15) is 47.9 Å². The first-order valence-electron chi connectivity index (χ1n) is 4.54. The molecule has 3 radical (unpaired) electrons. The van der Waals surface area contributed by atoms with Crippen LogP contribution in [-0.4, -0.2) is 193 Å². The van der Waals surface area contributed by atoms with Gasteiger partial charge < -0.3 is 32.9 Å². The van der Waals surface area contributed by atoms with Crippen LogP contribution in [-0.2, 0) is 47.9 Å². The summed E-state index contributed by atoms with van der Waals surface area (Å²) < 4.78 is 0. The molecule has 0 unspecified atom stereocenters. The molecule has 16 nitrogen and oxygen atoms in total. The van der Waals surface area contributed by atoms with E-state index in [4.69, 9.17) is 0 Å². The van der Waals surface area contributed by atoms with E-state index in [0.717, 1.165) is 0 Å². The van der Waals surface area contributed by atoms with Gasteiger partial charge in [-0.1, -0.05) is 0 Å². The molecule has 159 valence electrons. The molecule has 2 fully saturated rings. The first kappa shape index (κ1) is 57.2. The molecule has 2 rings (SSSR count). The van der Waals surface area contributed by atoms with Crippen molar-refractivity contribution in [2.75, 3.05) is 0 Å².